The molecule has 1 aliphatic heterocycles. The largest absolute Gasteiger partial charge is 0.384 e. The second-order valence-electron chi connectivity index (χ2n) is 5.55. The van der Waals surface area contributed by atoms with Gasteiger partial charge in [0.25, 0.3) is 0 Å². The van der Waals surface area contributed by atoms with E-state index in [4.69, 9.17) is 5.11 Å². The molecule has 0 aliphatic carbocycles. The zero-order valence-corrected chi connectivity index (χ0v) is 13.3. The summed E-state index contributed by atoms with van der Waals surface area (Å²) in [6.07, 6.45) is 1.98. The molecule has 114 valence electrons. The van der Waals surface area contributed by atoms with E-state index in [0.717, 1.165) is 18.4 Å². The lowest BCUT2D eigenvalue weighted by molar-refractivity contribution is 0.281. The first-order valence-corrected chi connectivity index (χ1v) is 8.59. The van der Waals surface area contributed by atoms with Crippen molar-refractivity contribution in [3.8, 4) is 11.8 Å². The number of sulfonamides is 1. The zero-order valence-electron chi connectivity index (χ0n) is 12.5. The van der Waals surface area contributed by atoms with Crippen molar-refractivity contribution < 1.29 is 13.5 Å². The zero-order chi connectivity index (χ0) is 15.5. The predicted molar refractivity (Wildman–Crippen MR) is 82.3 cm³/mol. The van der Waals surface area contributed by atoms with E-state index in [-0.39, 0.29) is 6.61 Å². The monoisotopic (exact) mass is 307 g/mol. The second kappa shape index (κ2) is 6.61. The van der Waals surface area contributed by atoms with Gasteiger partial charge in [-0.05, 0) is 43.4 Å². The van der Waals surface area contributed by atoms with E-state index in [1.54, 1.807) is 29.4 Å². The van der Waals surface area contributed by atoms with Crippen LogP contribution in [0.1, 0.15) is 30.9 Å². The Hall–Kier alpha value is -1.35. The van der Waals surface area contributed by atoms with Crippen molar-refractivity contribution in [2.24, 2.45) is 5.92 Å². The molecule has 1 heterocycles. The summed E-state index contributed by atoms with van der Waals surface area (Å²) in [5, 5.41) is 8.74. The first kappa shape index (κ1) is 16.0. The summed E-state index contributed by atoms with van der Waals surface area (Å²) in [6, 6.07) is 5.14. The molecule has 0 aromatic heterocycles. The van der Waals surface area contributed by atoms with Crippen LogP contribution in [0.4, 0.5) is 0 Å². The lowest BCUT2D eigenvalue weighted by Gasteiger charge is -2.30. The number of aryl methyl sites for hydroxylation is 1. The highest BCUT2D eigenvalue weighted by Gasteiger charge is 2.29. The summed E-state index contributed by atoms with van der Waals surface area (Å²) >= 11 is 0. The maximum atomic E-state index is 12.8. The molecular formula is C16H21NO3S. The summed E-state index contributed by atoms with van der Waals surface area (Å²) < 4.78 is 27.2. The third kappa shape index (κ3) is 3.65. The van der Waals surface area contributed by atoms with Crippen LogP contribution in [0.15, 0.2) is 23.1 Å². The minimum atomic E-state index is -3.47. The van der Waals surface area contributed by atoms with Crippen LogP contribution in [-0.2, 0) is 10.0 Å². The molecule has 21 heavy (non-hydrogen) atoms. The Kier molecular flexibility index (Phi) is 5.04. The Morgan fingerprint density at radius 3 is 2.86 bits per heavy atom. The normalized spacial score (nSPS) is 19.9. The van der Waals surface area contributed by atoms with Gasteiger partial charge in [-0.1, -0.05) is 24.8 Å². The minimum absolute atomic E-state index is 0.237. The van der Waals surface area contributed by atoms with Gasteiger partial charge in [-0.3, -0.25) is 0 Å². The molecule has 1 N–H and O–H groups in total. The van der Waals surface area contributed by atoms with Crippen LogP contribution >= 0.6 is 0 Å². The molecule has 1 atom stereocenters. The van der Waals surface area contributed by atoms with E-state index in [1.807, 2.05) is 0 Å². The van der Waals surface area contributed by atoms with Crippen LogP contribution in [0, 0.1) is 24.7 Å². The van der Waals surface area contributed by atoms with Crippen LogP contribution in [0.25, 0.3) is 0 Å². The Bertz CT molecular complexity index is 670. The van der Waals surface area contributed by atoms with Gasteiger partial charge in [-0.15, -0.1) is 0 Å². The van der Waals surface area contributed by atoms with E-state index in [0.29, 0.717) is 29.5 Å². The van der Waals surface area contributed by atoms with Gasteiger partial charge < -0.3 is 5.11 Å². The maximum Gasteiger partial charge on any atom is 0.243 e. The molecular weight excluding hydrogens is 286 g/mol. The minimum Gasteiger partial charge on any atom is -0.384 e. The van der Waals surface area contributed by atoms with E-state index in [2.05, 4.69) is 18.8 Å². The summed E-state index contributed by atoms with van der Waals surface area (Å²) in [6.45, 7) is 4.80. The van der Waals surface area contributed by atoms with Gasteiger partial charge in [-0.2, -0.15) is 4.31 Å². The van der Waals surface area contributed by atoms with Crippen LogP contribution in [0.3, 0.4) is 0 Å². The molecule has 2 rings (SSSR count). The molecule has 5 heteroatoms. The molecule has 1 unspecified atom stereocenters. The van der Waals surface area contributed by atoms with Crippen LogP contribution < -0.4 is 0 Å². The first-order chi connectivity index (χ1) is 9.95. The molecule has 1 aliphatic rings. The van der Waals surface area contributed by atoms with Crippen LogP contribution in [-0.4, -0.2) is 37.5 Å². The quantitative estimate of drug-likeness (QED) is 0.847. The molecule has 0 saturated carbocycles. The molecule has 1 aromatic carbocycles. The highest BCUT2D eigenvalue weighted by Crippen LogP contribution is 2.26. The van der Waals surface area contributed by atoms with Crippen molar-refractivity contribution >= 4 is 10.0 Å². The van der Waals surface area contributed by atoms with Gasteiger partial charge in [0.05, 0.1) is 4.90 Å². The first-order valence-electron chi connectivity index (χ1n) is 7.15. The van der Waals surface area contributed by atoms with Gasteiger partial charge >= 0.3 is 0 Å². The molecule has 1 aromatic rings. The van der Waals surface area contributed by atoms with Gasteiger partial charge in [0.15, 0.2) is 0 Å². The number of benzene rings is 1. The summed E-state index contributed by atoms with van der Waals surface area (Å²) in [4.78, 5) is 0.321. The van der Waals surface area contributed by atoms with Gasteiger partial charge in [0.2, 0.25) is 10.0 Å². The van der Waals surface area contributed by atoms with E-state index >= 15 is 0 Å². The predicted octanol–water partition coefficient (Wildman–Crippen LogP) is 1.76. The van der Waals surface area contributed by atoms with Crippen molar-refractivity contribution in [1.82, 2.24) is 4.31 Å². The number of hydrogen-bond acceptors (Lipinski definition) is 3. The van der Waals surface area contributed by atoms with E-state index < -0.39 is 10.0 Å². The Balaban J connectivity index is 2.39. The molecule has 0 bridgehead atoms. The maximum absolute atomic E-state index is 12.8. The van der Waals surface area contributed by atoms with Crippen LogP contribution in [0.2, 0.25) is 0 Å². The highest BCUT2D eigenvalue weighted by atomic mass is 32.2. The molecule has 0 amide bonds. The highest BCUT2D eigenvalue weighted by molar-refractivity contribution is 7.89. The second-order valence-corrected chi connectivity index (χ2v) is 7.46. The molecule has 0 radical (unpaired) electrons. The standard InChI is InChI=1S/C16H21NO3S/c1-13-5-3-9-17(12-13)21(19,20)16-11-15(6-4-10-18)8-7-14(16)2/h7-8,11,13,18H,3,5,9-10,12H2,1-2H3. The molecule has 4 nitrogen and oxygen atoms in total. The van der Waals surface area contributed by atoms with Gasteiger partial charge in [-0.25, -0.2) is 8.42 Å². The average molecular weight is 307 g/mol. The fourth-order valence-corrected chi connectivity index (χ4v) is 4.45. The third-order valence-corrected chi connectivity index (χ3v) is 5.74. The van der Waals surface area contributed by atoms with Crippen molar-refractivity contribution in [2.45, 2.75) is 31.6 Å². The average Bonchev–Trinajstić information content (AvgIpc) is 2.46. The Morgan fingerprint density at radius 2 is 2.19 bits per heavy atom. The lowest BCUT2D eigenvalue weighted by atomic mass is 10.0. The molecule has 1 fully saturated rings. The fourth-order valence-electron chi connectivity index (χ4n) is 2.60. The van der Waals surface area contributed by atoms with Crippen molar-refractivity contribution in [2.75, 3.05) is 19.7 Å². The molecule has 0 spiro atoms. The molecule has 1 saturated heterocycles. The smallest absolute Gasteiger partial charge is 0.243 e. The number of aliphatic hydroxyl groups is 1. The number of hydrogen-bond donors (Lipinski definition) is 1. The summed E-state index contributed by atoms with van der Waals surface area (Å²) in [5.41, 5.74) is 1.33. The number of piperidine rings is 1. The number of aliphatic hydroxyl groups excluding tert-OH is 1. The van der Waals surface area contributed by atoms with Crippen LogP contribution in [0.5, 0.6) is 0 Å². The Labute approximate surface area is 126 Å². The number of nitrogens with zero attached hydrogens (tertiary/aromatic N) is 1. The third-order valence-electron chi connectivity index (χ3n) is 3.74. The summed E-state index contributed by atoms with van der Waals surface area (Å²) in [5.74, 6) is 5.70. The van der Waals surface area contributed by atoms with E-state index in [9.17, 15) is 8.42 Å². The van der Waals surface area contributed by atoms with Crippen molar-refractivity contribution in [3.05, 3.63) is 29.3 Å². The fraction of sp³-hybridized carbons (Fsp3) is 0.500. The van der Waals surface area contributed by atoms with Gasteiger partial charge in [0.1, 0.15) is 6.61 Å². The Morgan fingerprint density at radius 1 is 1.43 bits per heavy atom. The SMILES string of the molecule is Cc1ccc(C#CCO)cc1S(=O)(=O)N1CCCC(C)C1. The van der Waals surface area contributed by atoms with Crippen molar-refractivity contribution in [1.29, 1.82) is 0 Å². The van der Waals surface area contributed by atoms with Crippen molar-refractivity contribution in [3.63, 3.8) is 0 Å². The van der Waals surface area contributed by atoms with E-state index in [1.165, 1.54) is 0 Å². The number of rotatable bonds is 2. The lowest BCUT2D eigenvalue weighted by Crippen LogP contribution is -2.39. The van der Waals surface area contributed by atoms with Gasteiger partial charge in [0, 0.05) is 18.7 Å². The topological polar surface area (TPSA) is 57.6 Å². The summed E-state index contributed by atoms with van der Waals surface area (Å²) in [7, 11) is -3.47.